The summed E-state index contributed by atoms with van der Waals surface area (Å²) in [7, 11) is 0. The average Bonchev–Trinajstić information content (AvgIpc) is 2.76. The van der Waals surface area contributed by atoms with Crippen LogP contribution < -0.4 is 15.2 Å². The van der Waals surface area contributed by atoms with E-state index in [9.17, 15) is 5.11 Å². The van der Waals surface area contributed by atoms with Gasteiger partial charge in [-0.2, -0.15) is 0 Å². The van der Waals surface area contributed by atoms with Crippen molar-refractivity contribution in [3.63, 3.8) is 0 Å². The highest BCUT2D eigenvalue weighted by atomic mass is 79.9. The first kappa shape index (κ1) is 9.30. The summed E-state index contributed by atoms with van der Waals surface area (Å²) >= 11 is 3.28. The number of benzene rings is 1. The Morgan fingerprint density at radius 2 is 2.13 bits per heavy atom. The summed E-state index contributed by atoms with van der Waals surface area (Å²) in [5.74, 6) is 1.40. The fourth-order valence-electron chi connectivity index (χ4n) is 1.85. The van der Waals surface area contributed by atoms with E-state index in [4.69, 9.17) is 15.2 Å². The number of aromatic hydroxyl groups is 1. The molecular weight excluding hydrogens is 262 g/mol. The predicted molar refractivity (Wildman–Crippen MR) is 57.0 cm³/mol. The molecule has 0 radical (unpaired) electrons. The molecule has 0 atom stereocenters. The molecule has 0 aromatic heterocycles. The van der Waals surface area contributed by atoms with Crippen molar-refractivity contribution in [1.29, 1.82) is 0 Å². The standard InChI is InChI=1S/C10H10BrNO3/c11-5-3-6-9(15-4-14-6)7(8(5)13)10(12)1-2-10/h3,13H,1-2,4,12H2. The number of fused-ring (bicyclic) bond motifs is 1. The lowest BCUT2D eigenvalue weighted by Gasteiger charge is -2.15. The maximum atomic E-state index is 9.97. The van der Waals surface area contributed by atoms with Gasteiger partial charge < -0.3 is 20.3 Å². The van der Waals surface area contributed by atoms with Gasteiger partial charge in [0, 0.05) is 11.6 Å². The molecule has 0 bridgehead atoms. The highest BCUT2D eigenvalue weighted by Crippen LogP contribution is 2.56. The van der Waals surface area contributed by atoms with Gasteiger partial charge in [-0.25, -0.2) is 0 Å². The summed E-state index contributed by atoms with van der Waals surface area (Å²) in [6.07, 6.45) is 1.74. The molecule has 15 heavy (non-hydrogen) atoms. The Morgan fingerprint density at radius 1 is 1.40 bits per heavy atom. The van der Waals surface area contributed by atoms with E-state index in [1.807, 2.05) is 0 Å². The van der Waals surface area contributed by atoms with E-state index in [-0.39, 0.29) is 12.5 Å². The van der Waals surface area contributed by atoms with Crippen molar-refractivity contribution >= 4 is 15.9 Å². The highest BCUT2D eigenvalue weighted by Gasteiger charge is 2.46. The Kier molecular flexibility index (Phi) is 1.73. The molecule has 0 saturated heterocycles. The maximum absolute atomic E-state index is 9.97. The van der Waals surface area contributed by atoms with Crippen LogP contribution in [0.2, 0.25) is 0 Å². The summed E-state index contributed by atoms with van der Waals surface area (Å²) in [5, 5.41) is 9.97. The molecule has 1 aliphatic heterocycles. The van der Waals surface area contributed by atoms with E-state index in [0.29, 0.717) is 21.5 Å². The minimum Gasteiger partial charge on any atom is -0.506 e. The largest absolute Gasteiger partial charge is 0.506 e. The van der Waals surface area contributed by atoms with Crippen LogP contribution in [0, 0.1) is 0 Å². The smallest absolute Gasteiger partial charge is 0.231 e. The fourth-order valence-corrected chi connectivity index (χ4v) is 2.25. The summed E-state index contributed by atoms with van der Waals surface area (Å²) in [5.41, 5.74) is 6.33. The normalized spacial score (nSPS) is 20.4. The van der Waals surface area contributed by atoms with Gasteiger partial charge in [0.15, 0.2) is 11.5 Å². The molecule has 3 N–H and O–H groups in total. The van der Waals surface area contributed by atoms with Crippen LogP contribution in [0.25, 0.3) is 0 Å². The van der Waals surface area contributed by atoms with Crippen LogP contribution in [-0.4, -0.2) is 11.9 Å². The third-order valence-electron chi connectivity index (χ3n) is 2.88. The minimum absolute atomic E-state index is 0.166. The van der Waals surface area contributed by atoms with Crippen molar-refractivity contribution in [2.75, 3.05) is 6.79 Å². The molecule has 2 aliphatic rings. The van der Waals surface area contributed by atoms with Crippen molar-refractivity contribution in [3.05, 3.63) is 16.1 Å². The summed E-state index contributed by atoms with van der Waals surface area (Å²) in [6.45, 7) is 0.189. The van der Waals surface area contributed by atoms with Crippen LogP contribution in [0.5, 0.6) is 17.2 Å². The van der Waals surface area contributed by atoms with Crippen LogP contribution in [0.15, 0.2) is 10.5 Å². The van der Waals surface area contributed by atoms with Gasteiger partial charge >= 0.3 is 0 Å². The van der Waals surface area contributed by atoms with Crippen LogP contribution in [-0.2, 0) is 5.54 Å². The zero-order chi connectivity index (χ0) is 10.6. The topological polar surface area (TPSA) is 64.7 Å². The van der Waals surface area contributed by atoms with Crippen LogP contribution in [0.3, 0.4) is 0 Å². The van der Waals surface area contributed by atoms with Gasteiger partial charge in [-0.05, 0) is 28.8 Å². The Balaban J connectivity index is 2.26. The molecule has 3 rings (SSSR count). The molecule has 4 nitrogen and oxygen atoms in total. The lowest BCUT2D eigenvalue weighted by molar-refractivity contribution is 0.172. The minimum atomic E-state index is -0.439. The molecular formula is C10H10BrNO3. The first-order valence-corrected chi connectivity index (χ1v) is 5.51. The van der Waals surface area contributed by atoms with Crippen molar-refractivity contribution in [2.45, 2.75) is 18.4 Å². The molecule has 0 spiro atoms. The average molecular weight is 272 g/mol. The zero-order valence-electron chi connectivity index (χ0n) is 7.92. The van der Waals surface area contributed by atoms with Gasteiger partial charge in [-0.15, -0.1) is 0 Å². The first-order valence-electron chi connectivity index (χ1n) is 4.72. The summed E-state index contributed by atoms with van der Waals surface area (Å²) < 4.78 is 11.2. The number of hydrogen-bond donors (Lipinski definition) is 2. The molecule has 1 saturated carbocycles. The van der Waals surface area contributed by atoms with E-state index in [2.05, 4.69) is 15.9 Å². The fraction of sp³-hybridized carbons (Fsp3) is 0.400. The van der Waals surface area contributed by atoms with Crippen LogP contribution in [0.1, 0.15) is 18.4 Å². The van der Waals surface area contributed by atoms with E-state index in [1.165, 1.54) is 0 Å². The van der Waals surface area contributed by atoms with Gasteiger partial charge in [0.05, 0.1) is 10.0 Å². The second-order valence-corrected chi connectivity index (χ2v) is 4.83. The number of ether oxygens (including phenoxy) is 2. The number of nitrogens with two attached hydrogens (primary N) is 1. The van der Waals surface area contributed by atoms with Gasteiger partial charge in [0.2, 0.25) is 6.79 Å². The number of phenols is 1. The molecule has 1 fully saturated rings. The van der Waals surface area contributed by atoms with E-state index in [1.54, 1.807) is 6.07 Å². The Hall–Kier alpha value is -0.940. The van der Waals surface area contributed by atoms with Crippen molar-refractivity contribution in [3.8, 4) is 17.2 Å². The molecule has 1 heterocycles. The monoisotopic (exact) mass is 271 g/mol. The second kappa shape index (κ2) is 2.80. The maximum Gasteiger partial charge on any atom is 0.231 e. The quantitative estimate of drug-likeness (QED) is 0.818. The highest BCUT2D eigenvalue weighted by molar-refractivity contribution is 9.10. The van der Waals surface area contributed by atoms with Crippen molar-refractivity contribution in [2.24, 2.45) is 5.73 Å². The SMILES string of the molecule is NC1(c2c(O)c(Br)cc3c2OCO3)CC1. The Bertz CT molecular complexity index is 443. The molecule has 5 heteroatoms. The Labute approximate surface area is 95.1 Å². The van der Waals surface area contributed by atoms with Crippen molar-refractivity contribution < 1.29 is 14.6 Å². The van der Waals surface area contributed by atoms with E-state index < -0.39 is 5.54 Å². The molecule has 80 valence electrons. The number of phenolic OH excluding ortho intramolecular Hbond substituents is 1. The number of hydrogen-bond acceptors (Lipinski definition) is 4. The third kappa shape index (κ3) is 1.23. The summed E-state index contributed by atoms with van der Waals surface area (Å²) in [6, 6.07) is 1.70. The summed E-state index contributed by atoms with van der Waals surface area (Å²) in [4.78, 5) is 0. The second-order valence-electron chi connectivity index (χ2n) is 3.97. The lowest BCUT2D eigenvalue weighted by atomic mass is 10.0. The van der Waals surface area contributed by atoms with Gasteiger partial charge in [0.25, 0.3) is 0 Å². The van der Waals surface area contributed by atoms with Crippen molar-refractivity contribution in [1.82, 2.24) is 0 Å². The first-order chi connectivity index (χ1) is 7.12. The van der Waals surface area contributed by atoms with Crippen LogP contribution in [0.4, 0.5) is 0 Å². The van der Waals surface area contributed by atoms with Crippen LogP contribution >= 0.6 is 15.9 Å². The number of rotatable bonds is 1. The molecule has 1 aromatic carbocycles. The van der Waals surface area contributed by atoms with E-state index in [0.717, 1.165) is 12.8 Å². The zero-order valence-corrected chi connectivity index (χ0v) is 9.50. The van der Waals surface area contributed by atoms with E-state index >= 15 is 0 Å². The lowest BCUT2D eigenvalue weighted by Crippen LogP contribution is -2.19. The van der Waals surface area contributed by atoms with Gasteiger partial charge in [0.1, 0.15) is 5.75 Å². The van der Waals surface area contributed by atoms with Gasteiger partial charge in [-0.3, -0.25) is 0 Å². The molecule has 1 aliphatic carbocycles. The Morgan fingerprint density at radius 3 is 2.80 bits per heavy atom. The molecule has 0 unspecified atom stereocenters. The third-order valence-corrected chi connectivity index (χ3v) is 3.48. The predicted octanol–water partition coefficient (Wildman–Crippen LogP) is 1.83. The molecule has 0 amide bonds. The molecule has 1 aromatic rings. The number of halogens is 1. The van der Waals surface area contributed by atoms with Gasteiger partial charge in [-0.1, -0.05) is 0 Å².